The van der Waals surface area contributed by atoms with E-state index in [0.29, 0.717) is 13.1 Å². The molecule has 0 aromatic carbocycles. The Morgan fingerprint density at radius 3 is 2.78 bits per heavy atom. The molecule has 1 rings (SSSR count). The first-order chi connectivity index (χ1) is 8.40. The van der Waals surface area contributed by atoms with Crippen molar-refractivity contribution in [1.82, 2.24) is 25.2 Å². The molecule has 1 N–H and O–H groups in total. The third-order valence-corrected chi connectivity index (χ3v) is 2.30. The van der Waals surface area contributed by atoms with Crippen LogP contribution in [-0.4, -0.2) is 52.8 Å². The van der Waals surface area contributed by atoms with Gasteiger partial charge < -0.3 is 5.32 Å². The molecule has 0 amide bonds. The minimum absolute atomic E-state index is 0.281. The zero-order chi connectivity index (χ0) is 13.6. The van der Waals surface area contributed by atoms with Crippen LogP contribution in [0, 0.1) is 0 Å². The molecule has 0 saturated heterocycles. The third kappa shape index (κ3) is 5.97. The van der Waals surface area contributed by atoms with Gasteiger partial charge >= 0.3 is 6.18 Å². The molecule has 104 valence electrons. The topological polar surface area (TPSA) is 46.0 Å². The van der Waals surface area contributed by atoms with E-state index in [0.717, 1.165) is 12.2 Å². The molecule has 1 aromatic heterocycles. The molecule has 0 unspecified atom stereocenters. The standard InChI is InChI=1S/C10H18F3N5/c1-3-14-6-9-7-18(16-15-9)5-4-17(2)8-10(11,12)13/h7,14H,3-6,8H2,1-2H3. The van der Waals surface area contributed by atoms with Gasteiger partial charge in [-0.3, -0.25) is 9.58 Å². The minimum atomic E-state index is -4.16. The molecular formula is C10H18F3N5. The van der Waals surface area contributed by atoms with Gasteiger partial charge in [-0.15, -0.1) is 5.10 Å². The molecule has 8 heteroatoms. The van der Waals surface area contributed by atoms with Crippen molar-refractivity contribution in [3.63, 3.8) is 0 Å². The first-order valence-corrected chi connectivity index (χ1v) is 5.75. The molecule has 0 aliphatic rings. The lowest BCUT2D eigenvalue weighted by Crippen LogP contribution is -2.33. The number of likely N-dealkylation sites (N-methyl/N-ethyl adjacent to an activating group) is 1. The molecule has 1 heterocycles. The third-order valence-electron chi connectivity index (χ3n) is 2.30. The summed E-state index contributed by atoms with van der Waals surface area (Å²) >= 11 is 0. The van der Waals surface area contributed by atoms with Crippen LogP contribution < -0.4 is 5.32 Å². The van der Waals surface area contributed by atoms with Crippen molar-refractivity contribution in [2.75, 3.05) is 26.7 Å². The Morgan fingerprint density at radius 1 is 1.44 bits per heavy atom. The van der Waals surface area contributed by atoms with Gasteiger partial charge in [0.25, 0.3) is 0 Å². The zero-order valence-corrected chi connectivity index (χ0v) is 10.5. The summed E-state index contributed by atoms with van der Waals surface area (Å²) in [6, 6.07) is 0. The van der Waals surface area contributed by atoms with Crippen LogP contribution in [-0.2, 0) is 13.1 Å². The van der Waals surface area contributed by atoms with E-state index in [9.17, 15) is 13.2 Å². The van der Waals surface area contributed by atoms with Crippen LogP contribution in [0.15, 0.2) is 6.20 Å². The number of halogens is 3. The second kappa shape index (κ2) is 6.69. The Hall–Kier alpha value is -1.15. The van der Waals surface area contributed by atoms with Crippen LogP contribution in [0.3, 0.4) is 0 Å². The van der Waals surface area contributed by atoms with Crippen LogP contribution >= 0.6 is 0 Å². The van der Waals surface area contributed by atoms with Crippen LogP contribution in [0.2, 0.25) is 0 Å². The molecule has 0 radical (unpaired) electrons. The molecule has 0 aliphatic heterocycles. The summed E-state index contributed by atoms with van der Waals surface area (Å²) in [4.78, 5) is 1.21. The van der Waals surface area contributed by atoms with E-state index in [1.54, 1.807) is 10.9 Å². The van der Waals surface area contributed by atoms with Crippen LogP contribution in [0.1, 0.15) is 12.6 Å². The monoisotopic (exact) mass is 265 g/mol. The largest absolute Gasteiger partial charge is 0.401 e. The predicted octanol–water partition coefficient (Wildman–Crippen LogP) is 0.882. The number of aromatic nitrogens is 3. The lowest BCUT2D eigenvalue weighted by molar-refractivity contribution is -0.143. The molecule has 0 atom stereocenters. The fraction of sp³-hybridized carbons (Fsp3) is 0.800. The summed E-state index contributed by atoms with van der Waals surface area (Å²) in [5.41, 5.74) is 0.787. The first-order valence-electron chi connectivity index (χ1n) is 5.75. The van der Waals surface area contributed by atoms with E-state index in [-0.39, 0.29) is 6.54 Å². The number of rotatable bonds is 7. The van der Waals surface area contributed by atoms with Gasteiger partial charge in [-0.05, 0) is 13.6 Å². The van der Waals surface area contributed by atoms with Crippen LogP contribution in [0.4, 0.5) is 13.2 Å². The summed E-state index contributed by atoms with van der Waals surface area (Å²) < 4.78 is 37.8. The molecule has 18 heavy (non-hydrogen) atoms. The van der Waals surface area contributed by atoms with E-state index >= 15 is 0 Å². The summed E-state index contributed by atoms with van der Waals surface area (Å²) in [7, 11) is 1.43. The van der Waals surface area contributed by atoms with Crippen molar-refractivity contribution in [2.24, 2.45) is 0 Å². The van der Waals surface area contributed by atoms with Crippen molar-refractivity contribution in [2.45, 2.75) is 26.2 Å². The summed E-state index contributed by atoms with van der Waals surface area (Å²) in [5.74, 6) is 0. The number of alkyl halides is 3. The SMILES string of the molecule is CCNCc1cn(CCN(C)CC(F)(F)F)nn1. The maximum atomic E-state index is 12.1. The highest BCUT2D eigenvalue weighted by Crippen LogP contribution is 2.15. The average molecular weight is 265 g/mol. The number of nitrogens with zero attached hydrogens (tertiary/aromatic N) is 4. The highest BCUT2D eigenvalue weighted by molar-refractivity contribution is 4.91. The van der Waals surface area contributed by atoms with E-state index in [1.807, 2.05) is 6.92 Å². The summed E-state index contributed by atoms with van der Waals surface area (Å²) in [5, 5.41) is 10.9. The fourth-order valence-corrected chi connectivity index (χ4v) is 1.44. The van der Waals surface area contributed by atoms with Crippen molar-refractivity contribution in [1.29, 1.82) is 0 Å². The molecule has 5 nitrogen and oxygen atoms in total. The quantitative estimate of drug-likeness (QED) is 0.795. The van der Waals surface area contributed by atoms with Gasteiger partial charge in [0.2, 0.25) is 0 Å². The Morgan fingerprint density at radius 2 is 2.17 bits per heavy atom. The van der Waals surface area contributed by atoms with Crippen LogP contribution in [0.25, 0.3) is 0 Å². The lowest BCUT2D eigenvalue weighted by atomic mass is 10.4. The van der Waals surface area contributed by atoms with Crippen molar-refractivity contribution in [3.05, 3.63) is 11.9 Å². The van der Waals surface area contributed by atoms with Gasteiger partial charge in [0.05, 0.1) is 18.8 Å². The molecular weight excluding hydrogens is 247 g/mol. The van der Waals surface area contributed by atoms with Crippen molar-refractivity contribution in [3.8, 4) is 0 Å². The first kappa shape index (κ1) is 14.9. The Kier molecular flexibility index (Phi) is 5.54. The molecule has 0 aliphatic carbocycles. The van der Waals surface area contributed by atoms with E-state index in [4.69, 9.17) is 0 Å². The number of nitrogens with one attached hydrogen (secondary N) is 1. The smallest absolute Gasteiger partial charge is 0.311 e. The second-order valence-corrected chi connectivity index (χ2v) is 4.11. The van der Waals surface area contributed by atoms with Gasteiger partial charge in [-0.1, -0.05) is 12.1 Å². The maximum absolute atomic E-state index is 12.1. The Balaban J connectivity index is 2.32. The predicted molar refractivity (Wildman–Crippen MR) is 61.0 cm³/mol. The summed E-state index contributed by atoms with van der Waals surface area (Å²) in [6.45, 7) is 3.20. The lowest BCUT2D eigenvalue weighted by Gasteiger charge is -2.17. The molecule has 0 bridgehead atoms. The average Bonchev–Trinajstić information content (AvgIpc) is 2.69. The van der Waals surface area contributed by atoms with E-state index in [2.05, 4.69) is 15.6 Å². The van der Waals surface area contributed by atoms with Gasteiger partial charge in [0.1, 0.15) is 0 Å². The van der Waals surface area contributed by atoms with Gasteiger partial charge in [0.15, 0.2) is 0 Å². The van der Waals surface area contributed by atoms with Gasteiger partial charge in [-0.25, -0.2) is 0 Å². The van der Waals surface area contributed by atoms with Crippen molar-refractivity contribution < 1.29 is 13.2 Å². The number of hydrogen-bond donors (Lipinski definition) is 1. The normalized spacial score (nSPS) is 12.3. The summed E-state index contributed by atoms with van der Waals surface area (Å²) in [6.07, 6.45) is -2.42. The van der Waals surface area contributed by atoms with Gasteiger partial charge in [-0.2, -0.15) is 13.2 Å². The highest BCUT2D eigenvalue weighted by Gasteiger charge is 2.28. The fourth-order valence-electron chi connectivity index (χ4n) is 1.44. The molecule has 0 fully saturated rings. The molecule has 0 spiro atoms. The Bertz CT molecular complexity index is 350. The van der Waals surface area contributed by atoms with E-state index in [1.165, 1.54) is 11.9 Å². The van der Waals surface area contributed by atoms with E-state index < -0.39 is 12.7 Å². The second-order valence-electron chi connectivity index (χ2n) is 4.11. The zero-order valence-electron chi connectivity index (χ0n) is 10.5. The van der Waals surface area contributed by atoms with Crippen molar-refractivity contribution >= 4 is 0 Å². The number of hydrogen-bond acceptors (Lipinski definition) is 4. The maximum Gasteiger partial charge on any atom is 0.401 e. The minimum Gasteiger partial charge on any atom is -0.311 e. The molecule has 0 saturated carbocycles. The molecule has 1 aromatic rings. The Labute approximate surface area is 104 Å². The van der Waals surface area contributed by atoms with Crippen LogP contribution in [0.5, 0.6) is 0 Å². The van der Waals surface area contributed by atoms with Gasteiger partial charge in [0, 0.05) is 19.3 Å². The highest BCUT2D eigenvalue weighted by atomic mass is 19.4.